The summed E-state index contributed by atoms with van der Waals surface area (Å²) in [5.41, 5.74) is 1.62. The predicted octanol–water partition coefficient (Wildman–Crippen LogP) is 1.92. The van der Waals surface area contributed by atoms with Gasteiger partial charge in [-0.05, 0) is 19.4 Å². The van der Waals surface area contributed by atoms with E-state index in [4.69, 9.17) is 0 Å². The monoisotopic (exact) mass is 160 g/mol. The lowest BCUT2D eigenvalue weighted by atomic mass is 10.2. The van der Waals surface area contributed by atoms with Gasteiger partial charge in [-0.25, -0.2) is 8.78 Å². The van der Waals surface area contributed by atoms with Crippen LogP contribution in [0.2, 0.25) is 0 Å². The van der Waals surface area contributed by atoms with Crippen LogP contribution in [-0.4, -0.2) is 16.6 Å². The van der Waals surface area contributed by atoms with Crippen molar-refractivity contribution in [1.82, 2.24) is 10.2 Å². The maximum absolute atomic E-state index is 11.7. The number of alkyl halides is 2. The van der Waals surface area contributed by atoms with Gasteiger partial charge in [-0.3, -0.25) is 5.10 Å². The van der Waals surface area contributed by atoms with Gasteiger partial charge >= 0.3 is 0 Å². The smallest absolute Gasteiger partial charge is 0.239 e. The average molecular weight is 160 g/mol. The van der Waals surface area contributed by atoms with Crippen LogP contribution in [0.1, 0.15) is 17.8 Å². The fourth-order valence-electron chi connectivity index (χ4n) is 0.860. The van der Waals surface area contributed by atoms with Gasteiger partial charge in [0.1, 0.15) is 0 Å². The van der Waals surface area contributed by atoms with Crippen molar-refractivity contribution in [2.45, 2.75) is 26.2 Å². The minimum absolute atomic E-state index is 0.107. The summed E-state index contributed by atoms with van der Waals surface area (Å²) in [4.78, 5) is 0. The molecular weight excluding hydrogens is 150 g/mol. The highest BCUT2D eigenvalue weighted by Gasteiger charge is 2.04. The molecule has 62 valence electrons. The number of hydrogen-bond donors (Lipinski definition) is 1. The number of nitrogens with one attached hydrogen (secondary N) is 1. The van der Waals surface area contributed by atoms with Gasteiger partial charge in [0.25, 0.3) is 0 Å². The third kappa shape index (κ3) is 2.65. The SMILES string of the molecule is Cc1cc(CCC(F)F)n[nH]1. The van der Waals surface area contributed by atoms with Gasteiger partial charge in [-0.2, -0.15) is 5.10 Å². The van der Waals surface area contributed by atoms with E-state index in [1.165, 1.54) is 0 Å². The molecular formula is C7H10F2N2. The van der Waals surface area contributed by atoms with Crippen molar-refractivity contribution in [1.29, 1.82) is 0 Å². The number of hydrogen-bond acceptors (Lipinski definition) is 1. The molecule has 2 nitrogen and oxygen atoms in total. The number of rotatable bonds is 3. The number of aromatic amines is 1. The number of H-pyrrole nitrogens is 1. The Morgan fingerprint density at radius 1 is 1.64 bits per heavy atom. The maximum Gasteiger partial charge on any atom is 0.239 e. The normalized spacial score (nSPS) is 10.9. The summed E-state index contributed by atoms with van der Waals surface area (Å²) in [6.45, 7) is 1.85. The Balaban J connectivity index is 2.39. The molecule has 0 saturated heterocycles. The maximum atomic E-state index is 11.7. The summed E-state index contributed by atoms with van der Waals surface area (Å²) in [5.74, 6) is 0. The summed E-state index contributed by atoms with van der Waals surface area (Å²) in [6, 6.07) is 1.78. The lowest BCUT2D eigenvalue weighted by Gasteiger charge is -1.93. The Hall–Kier alpha value is -0.930. The number of halogens is 2. The Bertz CT molecular complexity index is 220. The Morgan fingerprint density at radius 2 is 2.36 bits per heavy atom. The van der Waals surface area contributed by atoms with Gasteiger partial charge in [-0.15, -0.1) is 0 Å². The summed E-state index contributed by atoms with van der Waals surface area (Å²) in [7, 11) is 0. The van der Waals surface area contributed by atoms with Crippen LogP contribution >= 0.6 is 0 Å². The Kier molecular flexibility index (Phi) is 2.57. The largest absolute Gasteiger partial charge is 0.283 e. The molecule has 0 fully saturated rings. The van der Waals surface area contributed by atoms with E-state index in [0.29, 0.717) is 12.1 Å². The fraction of sp³-hybridized carbons (Fsp3) is 0.571. The van der Waals surface area contributed by atoms with Gasteiger partial charge in [0.2, 0.25) is 6.43 Å². The van der Waals surface area contributed by atoms with Crippen molar-refractivity contribution >= 4 is 0 Å². The van der Waals surface area contributed by atoms with Gasteiger partial charge in [0.15, 0.2) is 0 Å². The number of aromatic nitrogens is 2. The average Bonchev–Trinajstić information content (AvgIpc) is 2.31. The second-order valence-corrected chi connectivity index (χ2v) is 2.47. The second kappa shape index (κ2) is 3.46. The topological polar surface area (TPSA) is 28.7 Å². The molecule has 0 atom stereocenters. The first kappa shape index (κ1) is 8.17. The molecule has 0 aliphatic carbocycles. The summed E-state index contributed by atoms with van der Waals surface area (Å²) in [6.07, 6.45) is -1.99. The van der Waals surface area contributed by atoms with Gasteiger partial charge in [0.05, 0.1) is 5.69 Å². The van der Waals surface area contributed by atoms with Crippen LogP contribution < -0.4 is 0 Å². The first-order valence-corrected chi connectivity index (χ1v) is 3.47. The first-order chi connectivity index (χ1) is 5.18. The van der Waals surface area contributed by atoms with E-state index in [2.05, 4.69) is 10.2 Å². The molecule has 0 aromatic carbocycles. The molecule has 1 aromatic heterocycles. The van der Waals surface area contributed by atoms with Crippen molar-refractivity contribution in [3.63, 3.8) is 0 Å². The van der Waals surface area contributed by atoms with Gasteiger partial charge in [0, 0.05) is 12.1 Å². The minimum Gasteiger partial charge on any atom is -0.283 e. The highest BCUT2D eigenvalue weighted by Crippen LogP contribution is 2.06. The molecule has 0 spiro atoms. The van der Waals surface area contributed by atoms with Gasteiger partial charge in [-0.1, -0.05) is 0 Å². The number of nitrogens with zero attached hydrogens (tertiary/aromatic N) is 1. The van der Waals surface area contributed by atoms with Crippen LogP contribution in [0.4, 0.5) is 8.78 Å². The van der Waals surface area contributed by atoms with Crippen LogP contribution in [0.15, 0.2) is 6.07 Å². The summed E-state index contributed by atoms with van der Waals surface area (Å²) in [5, 5.41) is 6.53. The van der Waals surface area contributed by atoms with E-state index in [1.807, 2.05) is 6.92 Å². The zero-order chi connectivity index (χ0) is 8.27. The molecule has 0 radical (unpaired) electrons. The fourth-order valence-corrected chi connectivity index (χ4v) is 0.860. The number of aryl methyl sites for hydroxylation is 2. The molecule has 1 heterocycles. The zero-order valence-electron chi connectivity index (χ0n) is 6.27. The molecule has 11 heavy (non-hydrogen) atoms. The van der Waals surface area contributed by atoms with Crippen molar-refractivity contribution in [2.75, 3.05) is 0 Å². The van der Waals surface area contributed by atoms with E-state index in [-0.39, 0.29) is 6.42 Å². The standard InChI is InChI=1S/C7H10F2N2/c1-5-4-6(11-10-5)2-3-7(8)9/h4,7H,2-3H2,1H3,(H,10,11). The van der Waals surface area contributed by atoms with E-state index >= 15 is 0 Å². The molecule has 0 bridgehead atoms. The zero-order valence-corrected chi connectivity index (χ0v) is 6.27. The first-order valence-electron chi connectivity index (χ1n) is 3.47. The molecule has 0 aliphatic rings. The molecule has 4 heteroatoms. The molecule has 0 amide bonds. The molecule has 1 aromatic rings. The molecule has 1 rings (SSSR count). The van der Waals surface area contributed by atoms with E-state index < -0.39 is 6.43 Å². The third-order valence-corrected chi connectivity index (χ3v) is 1.38. The van der Waals surface area contributed by atoms with E-state index in [1.54, 1.807) is 6.07 Å². The van der Waals surface area contributed by atoms with Crippen LogP contribution in [0.5, 0.6) is 0 Å². The molecule has 1 N–H and O–H groups in total. The van der Waals surface area contributed by atoms with E-state index in [0.717, 1.165) is 5.69 Å². The minimum atomic E-state index is -2.23. The Labute approximate surface area is 63.6 Å². The highest BCUT2D eigenvalue weighted by atomic mass is 19.3. The summed E-state index contributed by atoms with van der Waals surface area (Å²) >= 11 is 0. The van der Waals surface area contributed by atoms with Crippen LogP contribution in [0.25, 0.3) is 0 Å². The predicted molar refractivity (Wildman–Crippen MR) is 37.6 cm³/mol. The second-order valence-electron chi connectivity index (χ2n) is 2.47. The third-order valence-electron chi connectivity index (χ3n) is 1.38. The van der Waals surface area contributed by atoms with Crippen LogP contribution in [0.3, 0.4) is 0 Å². The molecule has 0 unspecified atom stereocenters. The van der Waals surface area contributed by atoms with E-state index in [9.17, 15) is 8.78 Å². The van der Waals surface area contributed by atoms with Crippen molar-refractivity contribution in [3.05, 3.63) is 17.5 Å². The highest BCUT2D eigenvalue weighted by molar-refractivity contribution is 5.06. The lowest BCUT2D eigenvalue weighted by molar-refractivity contribution is 0.137. The Morgan fingerprint density at radius 3 is 2.82 bits per heavy atom. The molecule has 0 saturated carbocycles. The lowest BCUT2D eigenvalue weighted by Crippen LogP contribution is -1.94. The van der Waals surface area contributed by atoms with Crippen LogP contribution in [-0.2, 0) is 6.42 Å². The van der Waals surface area contributed by atoms with Crippen molar-refractivity contribution in [2.24, 2.45) is 0 Å². The molecule has 0 aliphatic heterocycles. The quantitative estimate of drug-likeness (QED) is 0.718. The van der Waals surface area contributed by atoms with Crippen molar-refractivity contribution < 1.29 is 8.78 Å². The van der Waals surface area contributed by atoms with Gasteiger partial charge < -0.3 is 0 Å². The summed E-state index contributed by atoms with van der Waals surface area (Å²) < 4.78 is 23.4. The van der Waals surface area contributed by atoms with Crippen molar-refractivity contribution in [3.8, 4) is 0 Å². The van der Waals surface area contributed by atoms with Crippen LogP contribution in [0, 0.1) is 6.92 Å².